The van der Waals surface area contributed by atoms with E-state index in [9.17, 15) is 9.59 Å². The summed E-state index contributed by atoms with van der Waals surface area (Å²) < 4.78 is 7.04. The molecule has 2 rings (SSSR count). The predicted octanol–water partition coefficient (Wildman–Crippen LogP) is 0.218. The van der Waals surface area contributed by atoms with Crippen molar-refractivity contribution in [3.8, 4) is 12.8 Å². The van der Waals surface area contributed by atoms with Crippen LogP contribution in [0.2, 0.25) is 0 Å². The van der Waals surface area contributed by atoms with Crippen LogP contribution in [0.4, 0.5) is 0 Å². The van der Waals surface area contributed by atoms with Crippen molar-refractivity contribution in [2.75, 3.05) is 6.61 Å². The minimum absolute atomic E-state index is 0.0597. The van der Waals surface area contributed by atoms with Gasteiger partial charge >= 0.3 is 5.69 Å². The Morgan fingerprint density at radius 1 is 1.50 bits per heavy atom. The Morgan fingerprint density at radius 2 is 2.17 bits per heavy atom. The number of rotatable bonds is 2. The van der Waals surface area contributed by atoms with Gasteiger partial charge in [-0.3, -0.25) is 14.3 Å². The second-order valence-corrected chi connectivity index (χ2v) is 4.47. The Morgan fingerprint density at radius 3 is 2.72 bits per heavy atom. The van der Waals surface area contributed by atoms with Crippen molar-refractivity contribution in [1.82, 2.24) is 9.55 Å². The number of nitrogens with zero attached hydrogens (tertiary/aromatic N) is 1. The number of halogens is 1. The topological polar surface area (TPSA) is 84.3 Å². The lowest BCUT2D eigenvalue weighted by Gasteiger charge is -2.14. The zero-order valence-corrected chi connectivity index (χ0v) is 11.1. The zero-order chi connectivity index (χ0) is 13.7. The summed E-state index contributed by atoms with van der Waals surface area (Å²) in [4.78, 5) is 24.8. The van der Waals surface area contributed by atoms with Gasteiger partial charge in [0.2, 0.25) is 0 Å². The third-order valence-electron chi connectivity index (χ3n) is 2.52. The zero-order valence-electron chi connectivity index (χ0n) is 9.51. The molecule has 0 radical (unpaired) electrons. The molecular weight excluding hydrogens is 304 g/mol. The fourth-order valence-electron chi connectivity index (χ4n) is 1.70. The van der Waals surface area contributed by atoms with Gasteiger partial charge in [-0.15, -0.1) is 12.8 Å². The standard InChI is InChI=1S/C9H11BrN2O4.C2H2/c10-6-3-12(9(15)11-8(6)14)7-2-1-5(4-13)16-7;1-2/h3,5,7,13H,1-2,4H2,(H,11,14,15);1-2H. The van der Waals surface area contributed by atoms with Crippen LogP contribution >= 0.6 is 15.9 Å². The summed E-state index contributed by atoms with van der Waals surface area (Å²) in [6.45, 7) is -0.0597. The number of H-pyrrole nitrogens is 1. The van der Waals surface area contributed by atoms with Crippen LogP contribution in [0.25, 0.3) is 0 Å². The quantitative estimate of drug-likeness (QED) is 0.764. The Balaban J connectivity index is 0.000000771. The van der Waals surface area contributed by atoms with Crippen LogP contribution in [0, 0.1) is 12.8 Å². The first-order valence-corrected chi connectivity index (χ1v) is 6.01. The second kappa shape index (κ2) is 6.54. The Labute approximate surface area is 112 Å². The van der Waals surface area contributed by atoms with Crippen LogP contribution in [0.3, 0.4) is 0 Å². The first-order valence-electron chi connectivity index (χ1n) is 5.22. The smallest absolute Gasteiger partial charge is 0.330 e. The molecule has 2 N–H and O–H groups in total. The summed E-state index contributed by atoms with van der Waals surface area (Å²) in [5, 5.41) is 8.92. The van der Waals surface area contributed by atoms with Crippen LogP contribution in [-0.4, -0.2) is 27.4 Å². The Bertz CT molecular complexity index is 534. The Hall–Kier alpha value is -1.36. The lowest BCUT2D eigenvalue weighted by atomic mass is 10.2. The average Bonchev–Trinajstić information content (AvgIpc) is 2.85. The SMILES string of the molecule is C#C.O=c1[nH]c(=O)n(C2CCC(CO)O2)cc1Br. The van der Waals surface area contributed by atoms with Crippen molar-refractivity contribution in [2.24, 2.45) is 0 Å². The number of terminal acetylenes is 1. The second-order valence-electron chi connectivity index (χ2n) is 3.62. The average molecular weight is 317 g/mol. The molecule has 0 saturated carbocycles. The van der Waals surface area contributed by atoms with Gasteiger partial charge in [-0.25, -0.2) is 4.79 Å². The van der Waals surface area contributed by atoms with Crippen molar-refractivity contribution < 1.29 is 9.84 Å². The van der Waals surface area contributed by atoms with E-state index in [2.05, 4.69) is 33.8 Å². The highest BCUT2D eigenvalue weighted by Crippen LogP contribution is 2.26. The molecule has 2 heterocycles. The molecule has 1 aliphatic heterocycles. The lowest BCUT2D eigenvalue weighted by molar-refractivity contribution is -0.0247. The van der Waals surface area contributed by atoms with Crippen LogP contribution in [-0.2, 0) is 4.74 Å². The van der Waals surface area contributed by atoms with Gasteiger partial charge in [-0.05, 0) is 28.8 Å². The van der Waals surface area contributed by atoms with Crippen LogP contribution < -0.4 is 11.2 Å². The van der Waals surface area contributed by atoms with Gasteiger partial charge in [0.1, 0.15) is 6.23 Å². The van der Waals surface area contributed by atoms with E-state index < -0.39 is 17.5 Å². The monoisotopic (exact) mass is 316 g/mol. The van der Waals surface area contributed by atoms with Crippen molar-refractivity contribution in [3.05, 3.63) is 31.5 Å². The molecule has 0 aromatic carbocycles. The third kappa shape index (κ3) is 3.10. The van der Waals surface area contributed by atoms with Gasteiger partial charge in [0.05, 0.1) is 17.2 Å². The summed E-state index contributed by atoms with van der Waals surface area (Å²) in [7, 11) is 0. The van der Waals surface area contributed by atoms with E-state index in [4.69, 9.17) is 9.84 Å². The normalized spacial score (nSPS) is 22.2. The van der Waals surface area contributed by atoms with Gasteiger partial charge in [-0.1, -0.05) is 0 Å². The first kappa shape index (κ1) is 14.7. The van der Waals surface area contributed by atoms with Gasteiger partial charge in [0.25, 0.3) is 5.56 Å². The highest BCUT2D eigenvalue weighted by atomic mass is 79.9. The van der Waals surface area contributed by atoms with Crippen molar-refractivity contribution in [1.29, 1.82) is 0 Å². The lowest BCUT2D eigenvalue weighted by Crippen LogP contribution is -2.32. The van der Waals surface area contributed by atoms with E-state index in [-0.39, 0.29) is 17.2 Å². The van der Waals surface area contributed by atoms with Gasteiger partial charge in [-0.2, -0.15) is 0 Å². The minimum Gasteiger partial charge on any atom is -0.394 e. The molecule has 0 bridgehead atoms. The molecule has 1 aliphatic rings. The molecular formula is C11H13BrN2O4. The van der Waals surface area contributed by atoms with Crippen LogP contribution in [0.15, 0.2) is 20.3 Å². The van der Waals surface area contributed by atoms with Crippen molar-refractivity contribution in [2.45, 2.75) is 25.2 Å². The number of ether oxygens (including phenoxy) is 1. The third-order valence-corrected chi connectivity index (χ3v) is 3.09. The maximum atomic E-state index is 11.5. The van der Waals surface area contributed by atoms with E-state index in [1.165, 1.54) is 10.8 Å². The number of hydrogen-bond acceptors (Lipinski definition) is 4. The molecule has 2 unspecified atom stereocenters. The van der Waals surface area contributed by atoms with Crippen LogP contribution in [0.1, 0.15) is 19.1 Å². The number of aliphatic hydroxyl groups is 1. The van der Waals surface area contributed by atoms with Gasteiger partial charge in [0.15, 0.2) is 0 Å². The molecule has 0 amide bonds. The number of aliphatic hydroxyl groups excluding tert-OH is 1. The number of hydrogen-bond donors (Lipinski definition) is 2. The molecule has 0 aliphatic carbocycles. The summed E-state index contributed by atoms with van der Waals surface area (Å²) in [5.74, 6) is 0. The van der Waals surface area contributed by atoms with Gasteiger partial charge < -0.3 is 9.84 Å². The maximum absolute atomic E-state index is 11.5. The molecule has 2 atom stereocenters. The number of nitrogens with one attached hydrogen (secondary N) is 1. The van der Waals surface area contributed by atoms with Gasteiger partial charge in [0, 0.05) is 6.20 Å². The summed E-state index contributed by atoms with van der Waals surface area (Å²) >= 11 is 3.05. The molecule has 18 heavy (non-hydrogen) atoms. The molecule has 98 valence electrons. The van der Waals surface area contributed by atoms with Crippen molar-refractivity contribution in [3.63, 3.8) is 0 Å². The fourth-order valence-corrected chi connectivity index (χ4v) is 2.02. The highest BCUT2D eigenvalue weighted by molar-refractivity contribution is 9.10. The highest BCUT2D eigenvalue weighted by Gasteiger charge is 2.26. The molecule has 1 aromatic heterocycles. The van der Waals surface area contributed by atoms with E-state index >= 15 is 0 Å². The van der Waals surface area contributed by atoms with Crippen molar-refractivity contribution >= 4 is 15.9 Å². The van der Waals surface area contributed by atoms with E-state index in [0.29, 0.717) is 12.8 Å². The first-order chi connectivity index (χ1) is 8.61. The Kier molecular flexibility index (Phi) is 5.34. The molecule has 1 saturated heterocycles. The molecule has 7 heteroatoms. The molecule has 1 fully saturated rings. The van der Waals surface area contributed by atoms with E-state index in [0.717, 1.165) is 0 Å². The minimum atomic E-state index is -0.503. The molecule has 0 spiro atoms. The number of aromatic nitrogens is 2. The summed E-state index contributed by atoms with van der Waals surface area (Å²) in [6.07, 6.45) is 10.1. The summed E-state index contributed by atoms with van der Waals surface area (Å²) in [6, 6.07) is 0. The van der Waals surface area contributed by atoms with E-state index in [1.54, 1.807) is 0 Å². The fraction of sp³-hybridized carbons (Fsp3) is 0.455. The molecule has 6 nitrogen and oxygen atoms in total. The predicted molar refractivity (Wildman–Crippen MR) is 69.1 cm³/mol. The van der Waals surface area contributed by atoms with Crippen LogP contribution in [0.5, 0.6) is 0 Å². The maximum Gasteiger partial charge on any atom is 0.330 e. The number of aromatic amines is 1. The van der Waals surface area contributed by atoms with E-state index in [1.807, 2.05) is 0 Å². The largest absolute Gasteiger partial charge is 0.394 e. The summed E-state index contributed by atoms with van der Waals surface area (Å²) in [5.41, 5.74) is -0.963. The molecule has 1 aromatic rings.